The number of amides is 1. The van der Waals surface area contributed by atoms with Crippen LogP contribution in [0, 0.1) is 5.92 Å². The molecule has 1 amide bonds. The van der Waals surface area contributed by atoms with Crippen LogP contribution in [0.1, 0.15) is 49.9 Å². The maximum Gasteiger partial charge on any atom is 0.253 e. The summed E-state index contributed by atoms with van der Waals surface area (Å²) < 4.78 is 0. The lowest BCUT2D eigenvalue weighted by Crippen LogP contribution is -2.42. The molecule has 1 aromatic rings. The number of aliphatic hydroxyl groups is 1. The topological polar surface area (TPSA) is 74.6 Å². The van der Waals surface area contributed by atoms with Gasteiger partial charge in [-0.05, 0) is 57.0 Å². The first kappa shape index (κ1) is 16.5. The van der Waals surface area contributed by atoms with Crippen LogP contribution in [0.5, 0.6) is 0 Å². The second-order valence-electron chi connectivity index (χ2n) is 6.89. The smallest absolute Gasteiger partial charge is 0.253 e. The van der Waals surface area contributed by atoms with Crippen molar-refractivity contribution in [2.45, 2.75) is 51.2 Å². The first-order valence-electron chi connectivity index (χ1n) is 7.95. The van der Waals surface area contributed by atoms with Crippen molar-refractivity contribution in [3.63, 3.8) is 0 Å². The van der Waals surface area contributed by atoms with Gasteiger partial charge in [-0.2, -0.15) is 0 Å². The average molecular weight is 333 g/mol. The summed E-state index contributed by atoms with van der Waals surface area (Å²) in [5, 5.41) is 13.5. The molecule has 2 N–H and O–H groups in total. The molecule has 0 bridgehead atoms. The van der Waals surface area contributed by atoms with E-state index in [-0.39, 0.29) is 11.9 Å². The molecular formula is C16H20BClN3O2. The number of aromatic nitrogens is 1. The Morgan fingerprint density at radius 1 is 1.39 bits per heavy atom. The van der Waals surface area contributed by atoms with E-state index in [0.717, 1.165) is 31.1 Å². The number of carbonyl (C=O) groups excluding carboxylic acids is 1. The quantitative estimate of drug-likeness (QED) is 0.828. The summed E-state index contributed by atoms with van der Waals surface area (Å²) in [4.78, 5) is 20.6. The number of hydrogen-bond acceptors (Lipinski definition) is 4. The van der Waals surface area contributed by atoms with Gasteiger partial charge in [0.2, 0.25) is 7.28 Å². The molecule has 0 atom stereocenters. The molecule has 0 aromatic carbocycles. The summed E-state index contributed by atoms with van der Waals surface area (Å²) in [5.41, 5.74) is 0.646. The van der Waals surface area contributed by atoms with Crippen molar-refractivity contribution in [2.24, 2.45) is 10.9 Å². The number of nitrogens with one attached hydrogen (secondary N) is 1. The van der Waals surface area contributed by atoms with Crippen molar-refractivity contribution in [2.75, 3.05) is 0 Å². The van der Waals surface area contributed by atoms with Crippen molar-refractivity contribution in [3.8, 4) is 0 Å². The number of carbonyl (C=O) groups is 1. The van der Waals surface area contributed by atoms with E-state index in [9.17, 15) is 9.90 Å². The van der Waals surface area contributed by atoms with Gasteiger partial charge in [0.1, 0.15) is 5.82 Å². The molecule has 0 unspecified atom stereocenters. The highest BCUT2D eigenvalue weighted by Gasteiger charge is 2.32. The predicted molar refractivity (Wildman–Crippen MR) is 92.1 cm³/mol. The van der Waals surface area contributed by atoms with Crippen molar-refractivity contribution in [3.05, 3.63) is 17.8 Å². The summed E-state index contributed by atoms with van der Waals surface area (Å²) in [6.45, 7) is 3.72. The Balaban J connectivity index is 1.58. The van der Waals surface area contributed by atoms with Crippen molar-refractivity contribution in [1.29, 1.82) is 0 Å². The fourth-order valence-corrected chi connectivity index (χ4v) is 3.47. The van der Waals surface area contributed by atoms with Gasteiger partial charge in [-0.3, -0.25) is 4.79 Å². The summed E-state index contributed by atoms with van der Waals surface area (Å²) in [6.07, 6.45) is 5.16. The van der Waals surface area contributed by atoms with Crippen molar-refractivity contribution in [1.82, 2.24) is 10.3 Å². The van der Waals surface area contributed by atoms with Crippen LogP contribution in [0.25, 0.3) is 0 Å². The van der Waals surface area contributed by atoms with E-state index in [0.29, 0.717) is 22.4 Å². The van der Waals surface area contributed by atoms with E-state index in [1.165, 1.54) is 6.20 Å². The number of rotatable bonds is 3. The minimum Gasteiger partial charge on any atom is -0.390 e. The standard InChI is InChI=1S/C16H20BClN3O2/c1-16(2,23)10-3-5-11(6-4-10)20-14(22)9-7-12-13(19-8-9)21-15(18)17-12/h7-8,10-11,23H,3-6H2,1-2H3,(H,20,22). The number of halogens is 1. The van der Waals surface area contributed by atoms with E-state index in [1.54, 1.807) is 13.3 Å². The lowest BCUT2D eigenvalue weighted by molar-refractivity contribution is -0.00257. The van der Waals surface area contributed by atoms with Crippen molar-refractivity contribution < 1.29 is 9.90 Å². The van der Waals surface area contributed by atoms with Crippen LogP contribution in [0.3, 0.4) is 0 Å². The number of pyridine rings is 1. The summed E-state index contributed by atoms with van der Waals surface area (Å²) in [5.74, 6) is 0.729. The first-order chi connectivity index (χ1) is 10.8. The summed E-state index contributed by atoms with van der Waals surface area (Å²) >= 11 is 5.85. The second kappa shape index (κ2) is 6.25. The van der Waals surface area contributed by atoms with E-state index >= 15 is 0 Å². The lowest BCUT2D eigenvalue weighted by atomic mass is 9.73. The molecule has 5 nitrogen and oxygen atoms in total. The maximum absolute atomic E-state index is 12.4. The molecule has 1 saturated carbocycles. The molecule has 2 heterocycles. The zero-order valence-electron chi connectivity index (χ0n) is 13.3. The zero-order chi connectivity index (χ0) is 16.6. The molecule has 1 radical (unpaired) electrons. The van der Waals surface area contributed by atoms with Crippen LogP contribution in [0.15, 0.2) is 17.3 Å². The SMILES string of the molecule is CC(C)(O)C1CCC(NC(=O)c2cnc3c(c2)[B]C(Cl)=N3)CC1. The monoisotopic (exact) mass is 332 g/mol. The fourth-order valence-electron chi connectivity index (χ4n) is 3.27. The van der Waals surface area contributed by atoms with Crippen LogP contribution >= 0.6 is 11.6 Å². The highest BCUT2D eigenvalue weighted by molar-refractivity contribution is 7.07. The zero-order valence-corrected chi connectivity index (χ0v) is 14.1. The highest BCUT2D eigenvalue weighted by atomic mass is 35.5. The molecule has 1 aliphatic carbocycles. The van der Waals surface area contributed by atoms with Gasteiger partial charge in [0.05, 0.1) is 16.2 Å². The third kappa shape index (κ3) is 3.75. The molecule has 23 heavy (non-hydrogen) atoms. The van der Waals surface area contributed by atoms with Crippen LogP contribution in [-0.2, 0) is 0 Å². The third-order valence-corrected chi connectivity index (χ3v) is 4.90. The molecular weight excluding hydrogens is 312 g/mol. The van der Waals surface area contributed by atoms with E-state index in [2.05, 4.69) is 15.3 Å². The number of fused-ring (bicyclic) bond motifs is 1. The van der Waals surface area contributed by atoms with Gasteiger partial charge >= 0.3 is 0 Å². The average Bonchev–Trinajstić information content (AvgIpc) is 2.85. The Bertz CT molecular complexity index is 649. The van der Waals surface area contributed by atoms with Gasteiger partial charge in [0.25, 0.3) is 5.91 Å². The summed E-state index contributed by atoms with van der Waals surface area (Å²) in [6, 6.07) is 1.91. The predicted octanol–water partition coefficient (Wildman–Crippen LogP) is 1.71. The minimum absolute atomic E-state index is 0.122. The fraction of sp³-hybridized carbons (Fsp3) is 0.562. The van der Waals surface area contributed by atoms with Crippen molar-refractivity contribution >= 4 is 41.1 Å². The van der Waals surface area contributed by atoms with Gasteiger partial charge < -0.3 is 10.4 Å². The van der Waals surface area contributed by atoms with E-state index < -0.39 is 5.60 Å². The third-order valence-electron chi connectivity index (χ3n) is 4.71. The molecule has 0 spiro atoms. The maximum atomic E-state index is 12.4. The molecule has 1 aromatic heterocycles. The minimum atomic E-state index is -0.645. The molecule has 7 heteroatoms. The number of nitrogens with zero attached hydrogens (tertiary/aromatic N) is 2. The molecule has 0 saturated heterocycles. The molecule has 1 aliphatic heterocycles. The Morgan fingerprint density at radius 3 is 2.74 bits per heavy atom. The normalized spacial score (nSPS) is 23.7. The van der Waals surface area contributed by atoms with Gasteiger partial charge in [-0.25, -0.2) is 9.98 Å². The molecule has 1 fully saturated rings. The van der Waals surface area contributed by atoms with Gasteiger partial charge in [-0.15, -0.1) is 0 Å². The lowest BCUT2D eigenvalue weighted by Gasteiger charge is -2.36. The van der Waals surface area contributed by atoms with E-state index in [1.807, 2.05) is 13.8 Å². The second-order valence-corrected chi connectivity index (χ2v) is 7.28. The Hall–Kier alpha value is -1.40. The molecule has 3 rings (SSSR count). The Kier molecular flexibility index (Phi) is 4.47. The van der Waals surface area contributed by atoms with E-state index in [4.69, 9.17) is 11.6 Å². The van der Waals surface area contributed by atoms with Gasteiger partial charge in [0.15, 0.2) is 0 Å². The van der Waals surface area contributed by atoms with Crippen LogP contribution in [-0.4, -0.2) is 40.0 Å². The Morgan fingerprint density at radius 2 is 2.09 bits per heavy atom. The van der Waals surface area contributed by atoms with Gasteiger partial charge in [-0.1, -0.05) is 11.6 Å². The number of hydrogen-bond donors (Lipinski definition) is 2. The molecule has 2 aliphatic rings. The van der Waals surface area contributed by atoms with Gasteiger partial charge in [0, 0.05) is 12.2 Å². The van der Waals surface area contributed by atoms with Crippen LogP contribution < -0.4 is 10.8 Å². The summed E-state index contributed by atoms with van der Waals surface area (Å²) in [7, 11) is 1.70. The van der Waals surface area contributed by atoms with Crippen LogP contribution in [0.4, 0.5) is 5.82 Å². The first-order valence-corrected chi connectivity index (χ1v) is 8.33. The largest absolute Gasteiger partial charge is 0.390 e. The Labute approximate surface area is 141 Å². The molecule has 121 valence electrons. The number of aliphatic imine (C=N–C) groups is 1. The van der Waals surface area contributed by atoms with Crippen LogP contribution in [0.2, 0.25) is 0 Å². The highest BCUT2D eigenvalue weighted by Crippen LogP contribution is 2.32.